The van der Waals surface area contributed by atoms with Crippen LogP contribution in [0, 0.1) is 5.92 Å². The van der Waals surface area contributed by atoms with Crippen molar-refractivity contribution in [2.24, 2.45) is 5.92 Å². The molecule has 0 radical (unpaired) electrons. The molecular formula is C21H33N3O4. The third-order valence-electron chi connectivity index (χ3n) is 5.01. The van der Waals surface area contributed by atoms with Crippen molar-refractivity contribution in [3.05, 3.63) is 33.7 Å². The van der Waals surface area contributed by atoms with Gasteiger partial charge in [0.05, 0.1) is 0 Å². The number of pyridine rings is 1. The van der Waals surface area contributed by atoms with E-state index in [1.807, 2.05) is 18.4 Å². The summed E-state index contributed by atoms with van der Waals surface area (Å²) in [6.45, 7) is 5.41. The van der Waals surface area contributed by atoms with E-state index in [9.17, 15) is 14.4 Å². The molecule has 1 fully saturated rings. The Kier molecular flexibility index (Phi) is 8.70. The molecule has 1 heterocycles. The van der Waals surface area contributed by atoms with E-state index in [0.29, 0.717) is 26.1 Å². The van der Waals surface area contributed by atoms with E-state index in [4.69, 9.17) is 4.74 Å². The topological polar surface area (TPSA) is 89.4 Å². The summed E-state index contributed by atoms with van der Waals surface area (Å²) in [5, 5.41) is 5.55. The lowest BCUT2D eigenvalue weighted by Crippen LogP contribution is -2.37. The fourth-order valence-electron chi connectivity index (χ4n) is 3.42. The Hall–Kier alpha value is -2.15. The van der Waals surface area contributed by atoms with Gasteiger partial charge in [-0.05, 0) is 25.2 Å². The first-order chi connectivity index (χ1) is 13.4. The number of nitrogens with zero attached hydrogens (tertiary/aromatic N) is 1. The predicted molar refractivity (Wildman–Crippen MR) is 109 cm³/mol. The number of carbonyl (C=O) groups excluding carboxylic acids is 2. The molecule has 1 aliphatic rings. The van der Waals surface area contributed by atoms with Crippen molar-refractivity contribution in [3.8, 4) is 0 Å². The van der Waals surface area contributed by atoms with Gasteiger partial charge in [0.2, 0.25) is 5.43 Å². The second-order valence-electron chi connectivity index (χ2n) is 7.86. The highest BCUT2D eigenvalue weighted by atomic mass is 16.5. The molecule has 0 spiro atoms. The van der Waals surface area contributed by atoms with Gasteiger partial charge >= 0.3 is 0 Å². The van der Waals surface area contributed by atoms with Crippen LogP contribution >= 0.6 is 0 Å². The quantitative estimate of drug-likeness (QED) is 0.633. The molecule has 1 aliphatic carbocycles. The highest BCUT2D eigenvalue weighted by Gasteiger charge is 2.22. The highest BCUT2D eigenvalue weighted by molar-refractivity contribution is 5.99. The van der Waals surface area contributed by atoms with E-state index in [1.165, 1.54) is 6.42 Å². The summed E-state index contributed by atoms with van der Waals surface area (Å²) in [7, 11) is 1.60. The molecule has 1 aromatic heterocycles. The standard InChI is InChI=1S/C21H33N3O4/c1-15(2)12-23-21(27)18-14-24(16-8-5-4-6-9-16)13-17(19(18)25)20(26)22-10-7-11-28-3/h13-16H,4-12H2,1-3H3,(H,22,26)(H,23,27). The Morgan fingerprint density at radius 3 is 2.29 bits per heavy atom. The van der Waals surface area contributed by atoms with Crippen molar-refractivity contribution in [1.29, 1.82) is 0 Å². The summed E-state index contributed by atoms with van der Waals surface area (Å²) < 4.78 is 6.88. The van der Waals surface area contributed by atoms with E-state index in [0.717, 1.165) is 25.7 Å². The van der Waals surface area contributed by atoms with Gasteiger partial charge in [0, 0.05) is 45.2 Å². The summed E-state index contributed by atoms with van der Waals surface area (Å²) in [4.78, 5) is 38.1. The Labute approximate surface area is 166 Å². The molecule has 7 nitrogen and oxygen atoms in total. The van der Waals surface area contributed by atoms with Crippen molar-refractivity contribution >= 4 is 11.8 Å². The monoisotopic (exact) mass is 391 g/mol. The minimum absolute atomic E-state index is 0.0280. The molecule has 7 heteroatoms. The van der Waals surface area contributed by atoms with Crippen LogP contribution in [0.5, 0.6) is 0 Å². The van der Waals surface area contributed by atoms with Gasteiger partial charge in [0.15, 0.2) is 0 Å². The number of aromatic nitrogens is 1. The second-order valence-corrected chi connectivity index (χ2v) is 7.86. The smallest absolute Gasteiger partial charge is 0.256 e. The van der Waals surface area contributed by atoms with Gasteiger partial charge in [-0.25, -0.2) is 0 Å². The van der Waals surface area contributed by atoms with Crippen LogP contribution in [0.2, 0.25) is 0 Å². The molecule has 0 aromatic carbocycles. The molecule has 0 aliphatic heterocycles. The molecule has 0 unspecified atom stereocenters. The fraction of sp³-hybridized carbons (Fsp3) is 0.667. The first kappa shape index (κ1) is 22.1. The fourth-order valence-corrected chi connectivity index (χ4v) is 3.42. The van der Waals surface area contributed by atoms with Crippen molar-refractivity contribution in [1.82, 2.24) is 15.2 Å². The van der Waals surface area contributed by atoms with E-state index in [2.05, 4.69) is 10.6 Å². The maximum absolute atomic E-state index is 12.9. The van der Waals surface area contributed by atoms with E-state index in [1.54, 1.807) is 19.5 Å². The molecule has 2 rings (SSSR count). The Bertz CT molecular complexity index is 721. The Morgan fingerprint density at radius 1 is 1.11 bits per heavy atom. The largest absolute Gasteiger partial charge is 0.385 e. The van der Waals surface area contributed by atoms with Crippen LogP contribution in [0.25, 0.3) is 0 Å². The van der Waals surface area contributed by atoms with Crippen LogP contribution in [0.3, 0.4) is 0 Å². The zero-order valence-electron chi connectivity index (χ0n) is 17.3. The van der Waals surface area contributed by atoms with Gasteiger partial charge in [0.25, 0.3) is 11.8 Å². The molecular weight excluding hydrogens is 358 g/mol. The molecule has 1 aromatic rings. The first-order valence-electron chi connectivity index (χ1n) is 10.2. The number of amides is 2. The van der Waals surface area contributed by atoms with Crippen LogP contribution in [0.15, 0.2) is 17.2 Å². The average molecular weight is 392 g/mol. The average Bonchev–Trinajstić information content (AvgIpc) is 2.70. The first-order valence-corrected chi connectivity index (χ1v) is 10.2. The van der Waals surface area contributed by atoms with E-state index >= 15 is 0 Å². The molecule has 28 heavy (non-hydrogen) atoms. The lowest BCUT2D eigenvalue weighted by molar-refractivity contribution is 0.0945. The van der Waals surface area contributed by atoms with E-state index < -0.39 is 17.2 Å². The third-order valence-corrected chi connectivity index (χ3v) is 5.01. The number of rotatable bonds is 9. The molecule has 2 N–H and O–H groups in total. The Balaban J connectivity index is 2.30. The SMILES string of the molecule is COCCCNC(=O)c1cn(C2CCCCC2)cc(C(=O)NCC(C)C)c1=O. The minimum atomic E-state index is -0.516. The normalized spacial score (nSPS) is 14.9. The molecule has 0 saturated heterocycles. The van der Waals surface area contributed by atoms with Crippen molar-refractivity contribution in [3.63, 3.8) is 0 Å². The van der Waals surface area contributed by atoms with Crippen LogP contribution in [-0.4, -0.2) is 43.2 Å². The maximum atomic E-state index is 12.9. The maximum Gasteiger partial charge on any atom is 0.256 e. The lowest BCUT2D eigenvalue weighted by Gasteiger charge is -2.25. The summed E-state index contributed by atoms with van der Waals surface area (Å²) >= 11 is 0. The number of hydrogen-bond acceptors (Lipinski definition) is 4. The summed E-state index contributed by atoms with van der Waals surface area (Å²) in [5.74, 6) is -0.585. The van der Waals surface area contributed by atoms with Gasteiger partial charge < -0.3 is 19.9 Å². The zero-order valence-corrected chi connectivity index (χ0v) is 17.3. The number of ether oxygens (including phenoxy) is 1. The van der Waals surface area contributed by atoms with Gasteiger partial charge in [-0.15, -0.1) is 0 Å². The molecule has 2 amide bonds. The van der Waals surface area contributed by atoms with Gasteiger partial charge in [-0.2, -0.15) is 0 Å². The molecule has 0 atom stereocenters. The van der Waals surface area contributed by atoms with Crippen LogP contribution < -0.4 is 16.1 Å². The summed E-state index contributed by atoms with van der Waals surface area (Å²) in [5.41, 5.74) is -0.450. The lowest BCUT2D eigenvalue weighted by atomic mass is 9.95. The molecule has 156 valence electrons. The van der Waals surface area contributed by atoms with Gasteiger partial charge in [-0.1, -0.05) is 33.1 Å². The second kappa shape index (κ2) is 11.0. The number of nitrogens with one attached hydrogen (secondary N) is 2. The van der Waals surface area contributed by atoms with Crippen molar-refractivity contribution in [2.75, 3.05) is 26.8 Å². The van der Waals surface area contributed by atoms with Crippen molar-refractivity contribution in [2.45, 2.75) is 58.4 Å². The van der Waals surface area contributed by atoms with Crippen molar-refractivity contribution < 1.29 is 14.3 Å². The molecule has 1 saturated carbocycles. The van der Waals surface area contributed by atoms with Crippen LogP contribution in [0.4, 0.5) is 0 Å². The van der Waals surface area contributed by atoms with Crippen LogP contribution in [0.1, 0.15) is 79.1 Å². The van der Waals surface area contributed by atoms with Crippen LogP contribution in [-0.2, 0) is 4.74 Å². The van der Waals surface area contributed by atoms with E-state index in [-0.39, 0.29) is 23.1 Å². The third kappa shape index (κ3) is 6.19. The van der Waals surface area contributed by atoms with Gasteiger partial charge in [0.1, 0.15) is 11.1 Å². The predicted octanol–water partition coefficient (Wildman–Crippen LogP) is 2.51. The summed E-state index contributed by atoms with van der Waals surface area (Å²) in [6.07, 6.45) is 9.31. The summed E-state index contributed by atoms with van der Waals surface area (Å²) in [6, 6.07) is 0.214. The number of hydrogen-bond donors (Lipinski definition) is 2. The van der Waals surface area contributed by atoms with Gasteiger partial charge in [-0.3, -0.25) is 14.4 Å². The number of methoxy groups -OCH3 is 1. The highest BCUT2D eigenvalue weighted by Crippen LogP contribution is 2.28. The zero-order chi connectivity index (χ0) is 20.5. The molecule has 0 bridgehead atoms. The minimum Gasteiger partial charge on any atom is -0.385 e. The Morgan fingerprint density at radius 2 is 1.71 bits per heavy atom. The number of carbonyl (C=O) groups is 2.